The van der Waals surface area contributed by atoms with Gasteiger partial charge in [0.25, 0.3) is 0 Å². The average Bonchev–Trinajstić information content (AvgIpc) is 1.87. The van der Waals surface area contributed by atoms with Crippen LogP contribution < -0.4 is 0 Å². The summed E-state index contributed by atoms with van der Waals surface area (Å²) in [6.07, 6.45) is 3.67. The summed E-state index contributed by atoms with van der Waals surface area (Å²) in [5, 5.41) is 8.65. The van der Waals surface area contributed by atoms with E-state index in [4.69, 9.17) is 5.11 Å². The summed E-state index contributed by atoms with van der Waals surface area (Å²) in [6, 6.07) is 0.447. The predicted molar refractivity (Wildman–Crippen MR) is 44.0 cm³/mol. The minimum absolute atomic E-state index is 0.261. The van der Waals surface area contributed by atoms with E-state index < -0.39 is 0 Å². The fourth-order valence-corrected chi connectivity index (χ4v) is 0.928. The Labute approximate surface area is 63.2 Å². The molecule has 0 radical (unpaired) electrons. The number of aliphatic hydroxyl groups is 1. The van der Waals surface area contributed by atoms with E-state index in [0.29, 0.717) is 6.04 Å². The van der Waals surface area contributed by atoms with Crippen LogP contribution in [0.4, 0.5) is 0 Å². The summed E-state index contributed by atoms with van der Waals surface area (Å²) in [5.41, 5.74) is 0. The van der Waals surface area contributed by atoms with Crippen molar-refractivity contribution in [3.8, 4) is 0 Å². The van der Waals surface area contributed by atoms with Crippen molar-refractivity contribution in [2.24, 2.45) is 0 Å². The molecule has 0 fully saturated rings. The normalized spacial score (nSPS) is 13.6. The maximum absolute atomic E-state index is 8.65. The Hall–Kier alpha value is -0.340. The molecule has 0 bridgehead atoms. The SMILES string of the molecule is C=CCC(CCO)N(C)C. The molecule has 0 amide bonds. The molecule has 0 saturated carbocycles. The molecule has 0 aromatic heterocycles. The second-order valence-corrected chi connectivity index (χ2v) is 2.65. The van der Waals surface area contributed by atoms with Gasteiger partial charge in [-0.3, -0.25) is 0 Å². The zero-order chi connectivity index (χ0) is 7.98. The van der Waals surface area contributed by atoms with Gasteiger partial charge in [0.1, 0.15) is 0 Å². The molecule has 0 heterocycles. The van der Waals surface area contributed by atoms with Gasteiger partial charge in [-0.15, -0.1) is 6.58 Å². The van der Waals surface area contributed by atoms with Crippen LogP contribution in [0.15, 0.2) is 12.7 Å². The van der Waals surface area contributed by atoms with Crippen LogP contribution in [0.2, 0.25) is 0 Å². The van der Waals surface area contributed by atoms with Gasteiger partial charge in [0.05, 0.1) is 0 Å². The van der Waals surface area contributed by atoms with Crippen LogP contribution in [0, 0.1) is 0 Å². The Morgan fingerprint density at radius 1 is 1.60 bits per heavy atom. The van der Waals surface area contributed by atoms with Crippen molar-refractivity contribution in [2.75, 3.05) is 20.7 Å². The van der Waals surface area contributed by atoms with Gasteiger partial charge >= 0.3 is 0 Å². The van der Waals surface area contributed by atoms with Crippen LogP contribution in [0.25, 0.3) is 0 Å². The van der Waals surface area contributed by atoms with E-state index >= 15 is 0 Å². The third kappa shape index (κ3) is 3.64. The summed E-state index contributed by atoms with van der Waals surface area (Å²) in [5.74, 6) is 0. The van der Waals surface area contributed by atoms with Gasteiger partial charge in [-0.25, -0.2) is 0 Å². The van der Waals surface area contributed by atoms with Gasteiger partial charge in [-0.2, -0.15) is 0 Å². The topological polar surface area (TPSA) is 23.5 Å². The lowest BCUT2D eigenvalue weighted by Crippen LogP contribution is -2.28. The quantitative estimate of drug-likeness (QED) is 0.577. The number of nitrogens with zero attached hydrogens (tertiary/aromatic N) is 1. The van der Waals surface area contributed by atoms with Crippen molar-refractivity contribution in [1.29, 1.82) is 0 Å². The number of rotatable bonds is 5. The molecule has 2 nitrogen and oxygen atoms in total. The molecule has 1 unspecified atom stereocenters. The molecular weight excluding hydrogens is 126 g/mol. The first-order chi connectivity index (χ1) is 4.72. The summed E-state index contributed by atoms with van der Waals surface area (Å²) in [4.78, 5) is 2.11. The Bertz CT molecular complexity index is 91.3. The van der Waals surface area contributed by atoms with Crippen LogP contribution in [0.3, 0.4) is 0 Å². The molecule has 0 spiro atoms. The highest BCUT2D eigenvalue weighted by Gasteiger charge is 2.06. The fraction of sp³-hybridized carbons (Fsp3) is 0.750. The summed E-state index contributed by atoms with van der Waals surface area (Å²) in [6.45, 7) is 3.92. The first kappa shape index (κ1) is 9.66. The maximum atomic E-state index is 8.65. The highest BCUT2D eigenvalue weighted by molar-refractivity contribution is 4.77. The minimum Gasteiger partial charge on any atom is -0.396 e. The van der Waals surface area contributed by atoms with Gasteiger partial charge in [-0.1, -0.05) is 6.08 Å². The van der Waals surface area contributed by atoms with E-state index in [0.717, 1.165) is 12.8 Å². The van der Waals surface area contributed by atoms with Crippen LogP contribution in [-0.2, 0) is 0 Å². The molecule has 2 heteroatoms. The van der Waals surface area contributed by atoms with Gasteiger partial charge in [0, 0.05) is 12.6 Å². The molecule has 0 saturated heterocycles. The van der Waals surface area contributed by atoms with E-state index in [-0.39, 0.29) is 6.61 Å². The van der Waals surface area contributed by atoms with Crippen molar-refractivity contribution >= 4 is 0 Å². The summed E-state index contributed by atoms with van der Waals surface area (Å²) < 4.78 is 0. The lowest BCUT2D eigenvalue weighted by Gasteiger charge is -2.21. The first-order valence-electron chi connectivity index (χ1n) is 3.60. The fourth-order valence-electron chi connectivity index (χ4n) is 0.928. The van der Waals surface area contributed by atoms with Crippen molar-refractivity contribution in [1.82, 2.24) is 4.90 Å². The molecule has 0 aliphatic rings. The number of hydrogen-bond acceptors (Lipinski definition) is 2. The molecule has 0 aliphatic heterocycles. The zero-order valence-corrected chi connectivity index (χ0v) is 6.88. The summed E-state index contributed by atoms with van der Waals surface area (Å²) in [7, 11) is 4.04. The van der Waals surface area contributed by atoms with Crippen molar-refractivity contribution in [3.63, 3.8) is 0 Å². The highest BCUT2D eigenvalue weighted by atomic mass is 16.3. The van der Waals surface area contributed by atoms with Crippen LogP contribution in [0.1, 0.15) is 12.8 Å². The predicted octanol–water partition coefficient (Wildman–Crippen LogP) is 0.875. The lowest BCUT2D eigenvalue weighted by atomic mass is 10.1. The molecular formula is C8H17NO. The Morgan fingerprint density at radius 3 is 2.50 bits per heavy atom. The lowest BCUT2D eigenvalue weighted by molar-refractivity contribution is 0.210. The second kappa shape index (κ2) is 5.45. The van der Waals surface area contributed by atoms with Crippen LogP contribution in [-0.4, -0.2) is 36.8 Å². The largest absolute Gasteiger partial charge is 0.396 e. The Morgan fingerprint density at radius 2 is 2.20 bits per heavy atom. The highest BCUT2D eigenvalue weighted by Crippen LogP contribution is 2.03. The van der Waals surface area contributed by atoms with E-state index in [2.05, 4.69) is 11.5 Å². The molecule has 0 aromatic rings. The van der Waals surface area contributed by atoms with Crippen molar-refractivity contribution in [2.45, 2.75) is 18.9 Å². The second-order valence-electron chi connectivity index (χ2n) is 2.65. The number of hydrogen-bond donors (Lipinski definition) is 1. The monoisotopic (exact) mass is 143 g/mol. The molecule has 60 valence electrons. The molecule has 0 rings (SSSR count). The first-order valence-corrected chi connectivity index (χ1v) is 3.60. The van der Waals surface area contributed by atoms with E-state index in [9.17, 15) is 0 Å². The molecule has 1 atom stereocenters. The van der Waals surface area contributed by atoms with Gasteiger partial charge in [0.2, 0.25) is 0 Å². The van der Waals surface area contributed by atoms with Gasteiger partial charge < -0.3 is 10.0 Å². The zero-order valence-electron chi connectivity index (χ0n) is 6.88. The Kier molecular flexibility index (Phi) is 5.26. The maximum Gasteiger partial charge on any atom is 0.0446 e. The van der Waals surface area contributed by atoms with Crippen molar-refractivity contribution in [3.05, 3.63) is 12.7 Å². The van der Waals surface area contributed by atoms with Crippen LogP contribution in [0.5, 0.6) is 0 Å². The summed E-state index contributed by atoms with van der Waals surface area (Å²) >= 11 is 0. The van der Waals surface area contributed by atoms with E-state index in [1.165, 1.54) is 0 Å². The van der Waals surface area contributed by atoms with Crippen LogP contribution >= 0.6 is 0 Å². The third-order valence-corrected chi connectivity index (χ3v) is 1.63. The Balaban J connectivity index is 3.60. The molecule has 0 aliphatic carbocycles. The van der Waals surface area contributed by atoms with Gasteiger partial charge in [-0.05, 0) is 26.9 Å². The van der Waals surface area contributed by atoms with E-state index in [1.807, 2.05) is 20.2 Å². The third-order valence-electron chi connectivity index (χ3n) is 1.63. The van der Waals surface area contributed by atoms with Gasteiger partial charge in [0.15, 0.2) is 0 Å². The standard InChI is InChI=1S/C8H17NO/c1-4-5-8(6-7-10)9(2)3/h4,8,10H,1,5-7H2,2-3H3. The number of aliphatic hydroxyl groups excluding tert-OH is 1. The molecule has 10 heavy (non-hydrogen) atoms. The average molecular weight is 143 g/mol. The molecule has 0 aromatic carbocycles. The van der Waals surface area contributed by atoms with E-state index in [1.54, 1.807) is 0 Å². The minimum atomic E-state index is 0.261. The smallest absolute Gasteiger partial charge is 0.0446 e. The van der Waals surface area contributed by atoms with Crippen molar-refractivity contribution < 1.29 is 5.11 Å². The molecule has 1 N–H and O–H groups in total.